The van der Waals surface area contributed by atoms with E-state index in [4.69, 9.17) is 25.8 Å². The predicted octanol–water partition coefficient (Wildman–Crippen LogP) is 3.77. The van der Waals surface area contributed by atoms with E-state index in [9.17, 15) is 9.59 Å². The van der Waals surface area contributed by atoms with Crippen molar-refractivity contribution >= 4 is 23.6 Å². The summed E-state index contributed by atoms with van der Waals surface area (Å²) in [4.78, 5) is 24.0. The molecule has 3 rings (SSSR count). The summed E-state index contributed by atoms with van der Waals surface area (Å²) < 4.78 is 16.2. The van der Waals surface area contributed by atoms with Gasteiger partial charge in [-0.3, -0.25) is 0 Å². The van der Waals surface area contributed by atoms with Crippen LogP contribution in [0.25, 0.3) is 0 Å². The molecule has 1 aliphatic heterocycles. The van der Waals surface area contributed by atoms with Crippen molar-refractivity contribution < 1.29 is 23.8 Å². The first-order valence-corrected chi connectivity index (χ1v) is 9.62. The van der Waals surface area contributed by atoms with E-state index in [1.54, 1.807) is 36.4 Å². The summed E-state index contributed by atoms with van der Waals surface area (Å²) in [5.74, 6) is 0.192. The van der Waals surface area contributed by atoms with Gasteiger partial charge in [-0.15, -0.1) is 0 Å². The van der Waals surface area contributed by atoms with Gasteiger partial charge in [-0.2, -0.15) is 0 Å². The van der Waals surface area contributed by atoms with E-state index in [0.717, 1.165) is 11.1 Å². The molecule has 29 heavy (non-hydrogen) atoms. The quantitative estimate of drug-likeness (QED) is 0.697. The highest BCUT2D eigenvalue weighted by Crippen LogP contribution is 2.32. The monoisotopic (exact) mass is 418 g/mol. The number of halogens is 1. The van der Waals surface area contributed by atoms with Crippen molar-refractivity contribution in [1.82, 2.24) is 10.6 Å². The van der Waals surface area contributed by atoms with Crippen molar-refractivity contribution in [3.8, 4) is 5.75 Å². The normalized spacial score (nSPS) is 12.7. The van der Waals surface area contributed by atoms with Gasteiger partial charge in [0.15, 0.2) is 6.79 Å². The first-order valence-electron chi connectivity index (χ1n) is 9.24. The molecule has 0 radical (unpaired) electrons. The molecule has 8 heteroatoms. The fourth-order valence-electron chi connectivity index (χ4n) is 2.84. The van der Waals surface area contributed by atoms with Crippen LogP contribution in [0.1, 0.15) is 40.9 Å². The van der Waals surface area contributed by atoms with Gasteiger partial charge in [0.2, 0.25) is 0 Å². The smallest absolute Gasteiger partial charge is 0.338 e. The van der Waals surface area contributed by atoms with Crippen LogP contribution in [0.4, 0.5) is 4.79 Å². The third kappa shape index (κ3) is 5.85. The minimum absolute atomic E-state index is 0.0421. The zero-order chi connectivity index (χ0) is 20.8. The fraction of sp³-hybridized carbons (Fsp3) is 0.333. The second kappa shape index (κ2) is 9.62. The highest BCUT2D eigenvalue weighted by molar-refractivity contribution is 6.30. The second-order valence-corrected chi connectivity index (χ2v) is 7.36. The summed E-state index contributed by atoms with van der Waals surface area (Å²) in [7, 11) is 0. The Morgan fingerprint density at radius 3 is 2.69 bits per heavy atom. The molecule has 0 unspecified atom stereocenters. The Balaban J connectivity index is 1.56. The Morgan fingerprint density at radius 1 is 1.21 bits per heavy atom. The molecule has 0 saturated carbocycles. The molecular formula is C21H23ClN2O5. The molecule has 7 nitrogen and oxygen atoms in total. The summed E-state index contributed by atoms with van der Waals surface area (Å²) in [6, 6.07) is 10.2. The Hall–Kier alpha value is -2.77. The zero-order valence-electron chi connectivity index (χ0n) is 16.3. The number of carbonyl (C=O) groups is 2. The number of fused-ring (bicyclic) bond motifs is 1. The first kappa shape index (κ1) is 21.0. The number of benzene rings is 2. The van der Waals surface area contributed by atoms with Crippen LogP contribution in [0.2, 0.25) is 5.02 Å². The Bertz CT molecular complexity index is 883. The van der Waals surface area contributed by atoms with E-state index in [-0.39, 0.29) is 25.5 Å². The number of hydrogen-bond acceptors (Lipinski definition) is 5. The topological polar surface area (TPSA) is 85.9 Å². The maximum atomic E-state index is 12.4. The molecule has 0 aromatic heterocycles. The molecule has 0 bridgehead atoms. The highest BCUT2D eigenvalue weighted by Gasteiger charge is 2.18. The van der Waals surface area contributed by atoms with Gasteiger partial charge in [0.25, 0.3) is 0 Å². The Kier molecular flexibility index (Phi) is 6.95. The molecule has 0 saturated heterocycles. The molecule has 2 N–H and O–H groups in total. The maximum absolute atomic E-state index is 12.4. The summed E-state index contributed by atoms with van der Waals surface area (Å²) >= 11 is 6.13. The number of ether oxygens (including phenoxy) is 3. The van der Waals surface area contributed by atoms with Gasteiger partial charge < -0.3 is 24.8 Å². The number of urea groups is 1. The Labute approximate surface area is 174 Å². The molecule has 1 aliphatic rings. The van der Waals surface area contributed by atoms with Crippen molar-refractivity contribution in [2.24, 2.45) is 0 Å². The van der Waals surface area contributed by atoms with Gasteiger partial charge in [-0.25, -0.2) is 9.59 Å². The number of amides is 2. The van der Waals surface area contributed by atoms with Gasteiger partial charge >= 0.3 is 12.0 Å². The van der Waals surface area contributed by atoms with Gasteiger partial charge in [0, 0.05) is 28.7 Å². The van der Waals surface area contributed by atoms with Crippen LogP contribution in [0, 0.1) is 0 Å². The van der Waals surface area contributed by atoms with Crippen molar-refractivity contribution in [3.63, 3.8) is 0 Å². The molecule has 0 atom stereocenters. The van der Waals surface area contributed by atoms with E-state index >= 15 is 0 Å². The SMILES string of the molecule is CC(C)NC(=O)NCc1ccc(C(=O)OCc2cc(Cl)cc3c2OCOC3)cc1. The van der Waals surface area contributed by atoms with Gasteiger partial charge in [0.1, 0.15) is 12.4 Å². The summed E-state index contributed by atoms with van der Waals surface area (Å²) in [6.07, 6.45) is 0. The predicted molar refractivity (Wildman–Crippen MR) is 108 cm³/mol. The van der Waals surface area contributed by atoms with Crippen molar-refractivity contribution in [2.75, 3.05) is 6.79 Å². The van der Waals surface area contributed by atoms with E-state index < -0.39 is 5.97 Å². The van der Waals surface area contributed by atoms with E-state index in [1.165, 1.54) is 0 Å². The number of hydrogen-bond donors (Lipinski definition) is 2. The minimum Gasteiger partial charge on any atom is -0.467 e. The van der Waals surface area contributed by atoms with Crippen molar-refractivity contribution in [3.05, 3.63) is 63.7 Å². The third-order valence-corrected chi connectivity index (χ3v) is 4.39. The molecule has 2 aromatic rings. The van der Waals surface area contributed by atoms with Crippen LogP contribution < -0.4 is 15.4 Å². The molecule has 2 aromatic carbocycles. The first-order chi connectivity index (χ1) is 13.9. The van der Waals surface area contributed by atoms with E-state index in [1.807, 2.05) is 13.8 Å². The van der Waals surface area contributed by atoms with Crippen LogP contribution in [-0.2, 0) is 29.2 Å². The van der Waals surface area contributed by atoms with Crippen LogP contribution in [0.15, 0.2) is 36.4 Å². The number of nitrogens with one attached hydrogen (secondary N) is 2. The average molecular weight is 419 g/mol. The number of rotatable bonds is 6. The highest BCUT2D eigenvalue weighted by atomic mass is 35.5. The summed E-state index contributed by atoms with van der Waals surface area (Å²) in [5, 5.41) is 6.04. The van der Waals surface area contributed by atoms with Crippen molar-refractivity contribution in [1.29, 1.82) is 0 Å². The lowest BCUT2D eigenvalue weighted by Gasteiger charge is -2.21. The summed E-state index contributed by atoms with van der Waals surface area (Å²) in [6.45, 7) is 4.74. The largest absolute Gasteiger partial charge is 0.467 e. The summed E-state index contributed by atoms with van der Waals surface area (Å²) in [5.41, 5.74) is 2.81. The molecular weight excluding hydrogens is 396 g/mol. The number of carbonyl (C=O) groups excluding carboxylic acids is 2. The van der Waals surface area contributed by atoms with Gasteiger partial charge in [-0.1, -0.05) is 23.7 Å². The maximum Gasteiger partial charge on any atom is 0.338 e. The van der Waals surface area contributed by atoms with Crippen LogP contribution in [0.5, 0.6) is 5.75 Å². The standard InChI is InChI=1S/C21H23ClN2O5/c1-13(2)24-21(26)23-9-14-3-5-15(6-4-14)20(25)28-11-17-8-18(22)7-16-10-27-12-29-19(16)17/h3-8,13H,9-12H2,1-2H3,(H2,23,24,26). The molecule has 154 valence electrons. The molecule has 0 aliphatic carbocycles. The van der Waals surface area contributed by atoms with E-state index in [2.05, 4.69) is 10.6 Å². The van der Waals surface area contributed by atoms with Gasteiger partial charge in [-0.05, 0) is 43.7 Å². The third-order valence-electron chi connectivity index (χ3n) is 4.17. The number of esters is 1. The van der Waals surface area contributed by atoms with Crippen LogP contribution in [-0.4, -0.2) is 24.8 Å². The van der Waals surface area contributed by atoms with E-state index in [0.29, 0.717) is 35.1 Å². The molecule has 2 amide bonds. The van der Waals surface area contributed by atoms with Crippen LogP contribution in [0.3, 0.4) is 0 Å². The lowest BCUT2D eigenvalue weighted by Crippen LogP contribution is -2.39. The molecule has 1 heterocycles. The van der Waals surface area contributed by atoms with Crippen molar-refractivity contribution in [2.45, 2.75) is 39.6 Å². The average Bonchev–Trinajstić information content (AvgIpc) is 2.70. The zero-order valence-corrected chi connectivity index (χ0v) is 17.0. The molecule has 0 fully saturated rings. The lowest BCUT2D eigenvalue weighted by atomic mass is 10.1. The fourth-order valence-corrected chi connectivity index (χ4v) is 3.11. The van der Waals surface area contributed by atoms with Crippen LogP contribution >= 0.6 is 11.6 Å². The minimum atomic E-state index is -0.456. The second-order valence-electron chi connectivity index (χ2n) is 6.92. The Morgan fingerprint density at radius 2 is 1.97 bits per heavy atom. The molecule has 0 spiro atoms. The lowest BCUT2D eigenvalue weighted by molar-refractivity contribution is -0.0180. The van der Waals surface area contributed by atoms with Gasteiger partial charge in [0.05, 0.1) is 12.2 Å².